The normalized spacial score (nSPS) is 14.5. The minimum absolute atomic E-state index is 0.0297. The second-order valence-corrected chi connectivity index (χ2v) is 5.66. The molecule has 0 unspecified atom stereocenters. The number of benzene rings is 1. The maximum atomic E-state index is 12.4. The highest BCUT2D eigenvalue weighted by atomic mass is 16.2. The lowest BCUT2D eigenvalue weighted by atomic mass is 10.3. The van der Waals surface area contributed by atoms with E-state index in [0.29, 0.717) is 25.4 Å². The van der Waals surface area contributed by atoms with Crippen LogP contribution in [0.5, 0.6) is 0 Å². The number of hydrogen-bond donors (Lipinski definition) is 1. The Bertz CT molecular complexity index is 710. The zero-order valence-corrected chi connectivity index (χ0v) is 12.3. The molecule has 1 aliphatic rings. The van der Waals surface area contributed by atoms with Crippen LogP contribution in [0.3, 0.4) is 0 Å². The minimum atomic E-state index is -0.0336. The fourth-order valence-electron chi connectivity index (χ4n) is 2.68. The molecule has 0 aliphatic heterocycles. The van der Waals surface area contributed by atoms with Gasteiger partial charge in [0.05, 0.1) is 11.0 Å². The number of para-hydroxylation sites is 2. The third kappa shape index (κ3) is 2.86. The number of aryl methyl sites for hydroxylation is 2. The van der Waals surface area contributed by atoms with Gasteiger partial charge in [-0.15, -0.1) is 0 Å². The predicted molar refractivity (Wildman–Crippen MR) is 82.2 cm³/mol. The van der Waals surface area contributed by atoms with E-state index in [1.54, 1.807) is 9.13 Å². The van der Waals surface area contributed by atoms with Gasteiger partial charge in [-0.3, -0.25) is 13.9 Å². The highest BCUT2D eigenvalue weighted by molar-refractivity contribution is 5.78. The molecule has 1 amide bonds. The average Bonchev–Trinajstić information content (AvgIpc) is 3.27. The molecular weight excluding hydrogens is 266 g/mol. The van der Waals surface area contributed by atoms with E-state index in [0.717, 1.165) is 17.6 Å². The Balaban J connectivity index is 1.75. The maximum absolute atomic E-state index is 12.4. The Morgan fingerprint density at radius 2 is 1.90 bits per heavy atom. The molecule has 0 spiro atoms. The van der Waals surface area contributed by atoms with Crippen molar-refractivity contribution in [3.63, 3.8) is 0 Å². The molecule has 0 bridgehead atoms. The van der Waals surface area contributed by atoms with Crippen molar-refractivity contribution in [2.24, 2.45) is 5.92 Å². The summed E-state index contributed by atoms with van der Waals surface area (Å²) in [5.41, 5.74) is 1.80. The first-order chi connectivity index (χ1) is 10.2. The lowest BCUT2D eigenvalue weighted by Crippen LogP contribution is -2.29. The summed E-state index contributed by atoms with van der Waals surface area (Å²) in [6, 6.07) is 7.74. The highest BCUT2D eigenvalue weighted by Gasteiger charge is 2.21. The summed E-state index contributed by atoms with van der Waals surface area (Å²) in [6.45, 7) is 3.81. The van der Waals surface area contributed by atoms with Crippen molar-refractivity contribution < 1.29 is 4.79 Å². The van der Waals surface area contributed by atoms with Crippen LogP contribution in [-0.2, 0) is 17.9 Å². The van der Waals surface area contributed by atoms with Crippen LogP contribution in [0, 0.1) is 5.92 Å². The highest BCUT2D eigenvalue weighted by Crippen LogP contribution is 2.27. The molecule has 0 radical (unpaired) electrons. The van der Waals surface area contributed by atoms with Gasteiger partial charge in [0, 0.05) is 26.1 Å². The monoisotopic (exact) mass is 287 g/mol. The summed E-state index contributed by atoms with van der Waals surface area (Å²) >= 11 is 0. The summed E-state index contributed by atoms with van der Waals surface area (Å²) in [5, 5.41) is 2.94. The van der Waals surface area contributed by atoms with Crippen LogP contribution < -0.4 is 11.0 Å². The van der Waals surface area contributed by atoms with Crippen LogP contribution in [0.15, 0.2) is 29.1 Å². The van der Waals surface area contributed by atoms with Crippen molar-refractivity contribution in [3.8, 4) is 0 Å². The van der Waals surface area contributed by atoms with E-state index in [4.69, 9.17) is 0 Å². The Labute approximate surface area is 123 Å². The number of carbonyl (C=O) groups excluding carboxylic acids is 1. The first-order valence-corrected chi connectivity index (χ1v) is 7.65. The molecular formula is C16H21N3O2. The summed E-state index contributed by atoms with van der Waals surface area (Å²) < 4.78 is 3.45. The Hall–Kier alpha value is -2.04. The van der Waals surface area contributed by atoms with Crippen LogP contribution in [0.25, 0.3) is 11.0 Å². The van der Waals surface area contributed by atoms with Crippen LogP contribution in [-0.4, -0.2) is 21.6 Å². The van der Waals surface area contributed by atoms with Gasteiger partial charge in [0.25, 0.3) is 0 Å². The lowest BCUT2D eigenvalue weighted by molar-refractivity contribution is -0.121. The molecule has 21 heavy (non-hydrogen) atoms. The summed E-state index contributed by atoms with van der Waals surface area (Å²) in [4.78, 5) is 24.2. The quantitative estimate of drug-likeness (QED) is 0.880. The number of aromatic nitrogens is 2. The second kappa shape index (κ2) is 5.76. The van der Waals surface area contributed by atoms with Gasteiger partial charge in [0.15, 0.2) is 0 Å². The Morgan fingerprint density at radius 3 is 2.52 bits per heavy atom. The number of hydrogen-bond acceptors (Lipinski definition) is 2. The molecule has 2 aromatic rings. The van der Waals surface area contributed by atoms with Gasteiger partial charge in [-0.2, -0.15) is 0 Å². The molecule has 1 aromatic heterocycles. The van der Waals surface area contributed by atoms with Crippen molar-refractivity contribution in [2.75, 3.05) is 6.54 Å². The molecule has 0 atom stereocenters. The molecule has 5 heteroatoms. The van der Waals surface area contributed by atoms with Gasteiger partial charge in [-0.25, -0.2) is 4.79 Å². The maximum Gasteiger partial charge on any atom is 0.329 e. The van der Waals surface area contributed by atoms with Crippen molar-refractivity contribution in [2.45, 2.75) is 39.3 Å². The lowest BCUT2D eigenvalue weighted by Gasteiger charge is -2.05. The number of carbonyl (C=O) groups is 1. The molecule has 1 aromatic carbocycles. The molecule has 0 saturated heterocycles. The van der Waals surface area contributed by atoms with Gasteiger partial charge >= 0.3 is 5.69 Å². The van der Waals surface area contributed by atoms with E-state index in [2.05, 4.69) is 5.32 Å². The van der Waals surface area contributed by atoms with Crippen molar-refractivity contribution in [3.05, 3.63) is 34.7 Å². The van der Waals surface area contributed by atoms with E-state index in [9.17, 15) is 9.59 Å². The van der Waals surface area contributed by atoms with Gasteiger partial charge in [0.2, 0.25) is 5.91 Å². The van der Waals surface area contributed by atoms with Crippen LogP contribution in [0.1, 0.15) is 26.2 Å². The Morgan fingerprint density at radius 1 is 1.24 bits per heavy atom. The van der Waals surface area contributed by atoms with Gasteiger partial charge in [-0.05, 0) is 37.8 Å². The molecule has 1 aliphatic carbocycles. The number of amides is 1. The molecule has 5 nitrogen and oxygen atoms in total. The molecule has 3 rings (SSSR count). The average molecular weight is 287 g/mol. The molecule has 1 heterocycles. The first kappa shape index (κ1) is 13.9. The predicted octanol–water partition coefficient (Wildman–Crippen LogP) is 1.74. The largest absolute Gasteiger partial charge is 0.356 e. The first-order valence-electron chi connectivity index (χ1n) is 7.65. The van der Waals surface area contributed by atoms with Crippen LogP contribution in [0.2, 0.25) is 0 Å². The number of nitrogens with one attached hydrogen (secondary N) is 1. The zero-order valence-electron chi connectivity index (χ0n) is 12.3. The van der Waals surface area contributed by atoms with E-state index in [1.807, 2.05) is 31.2 Å². The summed E-state index contributed by atoms with van der Waals surface area (Å²) in [6.07, 6.45) is 2.80. The van der Waals surface area contributed by atoms with Crippen LogP contribution >= 0.6 is 0 Å². The fourth-order valence-corrected chi connectivity index (χ4v) is 2.68. The fraction of sp³-hybridized carbons (Fsp3) is 0.500. The SMILES string of the molecule is CCn1c(=O)n(CCC(=O)NCC2CC2)c2ccccc21. The van der Waals surface area contributed by atoms with E-state index in [1.165, 1.54) is 12.8 Å². The zero-order chi connectivity index (χ0) is 14.8. The number of rotatable bonds is 6. The number of imidazole rings is 1. The summed E-state index contributed by atoms with van der Waals surface area (Å²) in [5.74, 6) is 0.709. The third-order valence-corrected chi connectivity index (χ3v) is 4.09. The standard InChI is InChI=1S/C16H21N3O2/c1-2-18-13-5-3-4-6-14(13)19(16(18)21)10-9-15(20)17-11-12-7-8-12/h3-6,12H,2,7-11H2,1H3,(H,17,20). The molecule has 1 N–H and O–H groups in total. The van der Waals surface area contributed by atoms with Crippen molar-refractivity contribution in [1.29, 1.82) is 0 Å². The molecule has 1 fully saturated rings. The van der Waals surface area contributed by atoms with Gasteiger partial charge in [-0.1, -0.05) is 12.1 Å². The van der Waals surface area contributed by atoms with Crippen LogP contribution in [0.4, 0.5) is 0 Å². The smallest absolute Gasteiger partial charge is 0.329 e. The Kier molecular flexibility index (Phi) is 3.82. The van der Waals surface area contributed by atoms with Crippen molar-refractivity contribution in [1.82, 2.24) is 14.5 Å². The van der Waals surface area contributed by atoms with E-state index in [-0.39, 0.29) is 11.6 Å². The van der Waals surface area contributed by atoms with Crippen molar-refractivity contribution >= 4 is 16.9 Å². The third-order valence-electron chi connectivity index (χ3n) is 4.09. The van der Waals surface area contributed by atoms with E-state index >= 15 is 0 Å². The van der Waals surface area contributed by atoms with Gasteiger partial charge < -0.3 is 5.32 Å². The minimum Gasteiger partial charge on any atom is -0.356 e. The summed E-state index contributed by atoms with van der Waals surface area (Å²) in [7, 11) is 0. The molecule has 112 valence electrons. The number of fused-ring (bicyclic) bond motifs is 1. The van der Waals surface area contributed by atoms with E-state index < -0.39 is 0 Å². The molecule has 1 saturated carbocycles. The topological polar surface area (TPSA) is 56.0 Å². The second-order valence-electron chi connectivity index (χ2n) is 5.66. The van der Waals surface area contributed by atoms with Gasteiger partial charge in [0.1, 0.15) is 0 Å². The number of nitrogens with zero attached hydrogens (tertiary/aromatic N) is 2.